The number of carbonyl (C=O) groups is 2. The Morgan fingerprint density at radius 2 is 2.07 bits per heavy atom. The molecule has 2 aromatic rings. The van der Waals surface area contributed by atoms with Crippen molar-refractivity contribution in [3.63, 3.8) is 0 Å². The first kappa shape index (κ1) is 19.2. The Balaban J connectivity index is 1.54. The molecule has 3 rings (SSSR count). The summed E-state index contributed by atoms with van der Waals surface area (Å²) in [7, 11) is 1.57. The molecule has 142 valence electrons. The summed E-state index contributed by atoms with van der Waals surface area (Å²) in [5, 5.41) is 3.47. The van der Waals surface area contributed by atoms with Crippen molar-refractivity contribution in [1.29, 1.82) is 0 Å². The van der Waals surface area contributed by atoms with Crippen LogP contribution in [0.3, 0.4) is 0 Å². The van der Waals surface area contributed by atoms with Crippen molar-refractivity contribution in [3.8, 4) is 5.75 Å². The summed E-state index contributed by atoms with van der Waals surface area (Å²) in [6.07, 6.45) is 2.51. The molecule has 1 aliphatic rings. The van der Waals surface area contributed by atoms with Crippen molar-refractivity contribution in [2.75, 3.05) is 19.0 Å². The van der Waals surface area contributed by atoms with Gasteiger partial charge in [-0.2, -0.15) is 0 Å². The molecule has 1 N–H and O–H groups in total. The maximum absolute atomic E-state index is 12.3. The van der Waals surface area contributed by atoms with E-state index in [2.05, 4.69) is 5.32 Å². The molecule has 0 radical (unpaired) electrons. The van der Waals surface area contributed by atoms with Crippen molar-refractivity contribution >= 4 is 29.1 Å². The molecule has 0 bridgehead atoms. The van der Waals surface area contributed by atoms with Crippen LogP contribution in [0.4, 0.5) is 5.69 Å². The van der Waals surface area contributed by atoms with Crippen LogP contribution in [0.15, 0.2) is 42.5 Å². The quantitative estimate of drug-likeness (QED) is 0.781. The molecule has 1 saturated heterocycles. The zero-order chi connectivity index (χ0) is 19.2. The minimum absolute atomic E-state index is 0.0589. The smallest absolute Gasteiger partial charge is 0.224 e. The fraction of sp³-hybridized carbons (Fsp3) is 0.333. The summed E-state index contributed by atoms with van der Waals surface area (Å²) >= 11 is 6.12. The van der Waals surface area contributed by atoms with Crippen LogP contribution in [-0.4, -0.2) is 30.4 Å². The zero-order valence-corrected chi connectivity index (χ0v) is 16.1. The van der Waals surface area contributed by atoms with Crippen LogP contribution >= 0.6 is 11.6 Å². The number of likely N-dealkylation sites (tertiary alicyclic amines) is 1. The normalized spacial score (nSPS) is 13.7. The summed E-state index contributed by atoms with van der Waals surface area (Å²) in [6, 6.07) is 13.2. The van der Waals surface area contributed by atoms with E-state index in [9.17, 15) is 9.59 Å². The molecule has 0 spiro atoms. The Bertz CT molecular complexity index is 838. The highest BCUT2D eigenvalue weighted by atomic mass is 35.5. The lowest BCUT2D eigenvalue weighted by atomic mass is 10.1. The number of benzene rings is 2. The second-order valence-electron chi connectivity index (χ2n) is 6.64. The van der Waals surface area contributed by atoms with Gasteiger partial charge in [0.1, 0.15) is 5.75 Å². The first-order chi connectivity index (χ1) is 13.0. The highest BCUT2D eigenvalue weighted by Crippen LogP contribution is 2.25. The molecule has 0 aliphatic carbocycles. The molecule has 1 aliphatic heterocycles. The van der Waals surface area contributed by atoms with E-state index in [1.807, 2.05) is 41.3 Å². The second-order valence-corrected chi connectivity index (χ2v) is 7.04. The summed E-state index contributed by atoms with van der Waals surface area (Å²) in [4.78, 5) is 25.9. The number of hydrogen-bond acceptors (Lipinski definition) is 3. The van der Waals surface area contributed by atoms with E-state index >= 15 is 0 Å². The Hall–Kier alpha value is -2.53. The van der Waals surface area contributed by atoms with Crippen LogP contribution in [0.5, 0.6) is 5.75 Å². The van der Waals surface area contributed by atoms with E-state index in [1.54, 1.807) is 13.2 Å². The number of anilines is 1. The van der Waals surface area contributed by atoms with Gasteiger partial charge >= 0.3 is 0 Å². The third kappa shape index (κ3) is 5.23. The van der Waals surface area contributed by atoms with Crippen LogP contribution in [0.2, 0.25) is 5.02 Å². The van der Waals surface area contributed by atoms with E-state index in [4.69, 9.17) is 16.3 Å². The van der Waals surface area contributed by atoms with Crippen molar-refractivity contribution < 1.29 is 14.3 Å². The minimum Gasteiger partial charge on any atom is -0.495 e. The molecule has 1 heterocycles. The summed E-state index contributed by atoms with van der Waals surface area (Å²) in [5.41, 5.74) is 2.75. The van der Waals surface area contributed by atoms with Gasteiger partial charge in [-0.3, -0.25) is 9.59 Å². The SMILES string of the molecule is COc1ccc(CCC(=O)Nc2cccc(CN3CCCC3=O)c2)cc1Cl. The van der Waals surface area contributed by atoms with Crippen LogP contribution in [0.1, 0.15) is 30.4 Å². The van der Waals surface area contributed by atoms with Gasteiger partial charge < -0.3 is 15.0 Å². The first-order valence-corrected chi connectivity index (χ1v) is 9.42. The topological polar surface area (TPSA) is 58.6 Å². The molecule has 1 fully saturated rings. The molecular weight excluding hydrogens is 364 g/mol. The third-order valence-electron chi connectivity index (χ3n) is 4.61. The summed E-state index contributed by atoms with van der Waals surface area (Å²) < 4.78 is 5.13. The number of halogens is 1. The predicted molar refractivity (Wildman–Crippen MR) is 106 cm³/mol. The summed E-state index contributed by atoms with van der Waals surface area (Å²) in [6.45, 7) is 1.40. The number of amides is 2. The lowest BCUT2D eigenvalue weighted by Crippen LogP contribution is -2.23. The lowest BCUT2D eigenvalue weighted by molar-refractivity contribution is -0.128. The largest absolute Gasteiger partial charge is 0.495 e. The molecule has 0 unspecified atom stereocenters. The summed E-state index contributed by atoms with van der Waals surface area (Å²) in [5.74, 6) is 0.761. The van der Waals surface area contributed by atoms with E-state index < -0.39 is 0 Å². The predicted octanol–water partition coefficient (Wildman–Crippen LogP) is 4.04. The monoisotopic (exact) mass is 386 g/mol. The van der Waals surface area contributed by atoms with Crippen LogP contribution in [0, 0.1) is 0 Å². The molecule has 2 aromatic carbocycles. The Morgan fingerprint density at radius 1 is 1.22 bits per heavy atom. The van der Waals surface area contributed by atoms with Gasteiger partial charge in [0.25, 0.3) is 0 Å². The highest BCUT2D eigenvalue weighted by Gasteiger charge is 2.20. The highest BCUT2D eigenvalue weighted by molar-refractivity contribution is 6.32. The maximum atomic E-state index is 12.3. The molecule has 5 nitrogen and oxygen atoms in total. The maximum Gasteiger partial charge on any atom is 0.224 e. The number of carbonyl (C=O) groups excluding carboxylic acids is 2. The fourth-order valence-corrected chi connectivity index (χ4v) is 3.47. The molecule has 6 heteroatoms. The average molecular weight is 387 g/mol. The zero-order valence-electron chi connectivity index (χ0n) is 15.3. The third-order valence-corrected chi connectivity index (χ3v) is 4.91. The van der Waals surface area contributed by atoms with Crippen molar-refractivity contribution in [2.24, 2.45) is 0 Å². The van der Waals surface area contributed by atoms with Crippen LogP contribution < -0.4 is 10.1 Å². The van der Waals surface area contributed by atoms with Crippen molar-refractivity contribution in [2.45, 2.75) is 32.2 Å². The van der Waals surface area contributed by atoms with E-state index in [0.29, 0.717) is 36.6 Å². The molecule has 0 atom stereocenters. The molecule has 0 saturated carbocycles. The number of nitrogens with zero attached hydrogens (tertiary/aromatic N) is 1. The van der Waals surface area contributed by atoms with E-state index in [-0.39, 0.29) is 11.8 Å². The standard InChI is InChI=1S/C21H23ClN2O3/c1-27-19-9-7-15(13-18(19)22)8-10-20(25)23-17-5-2-4-16(12-17)14-24-11-3-6-21(24)26/h2,4-5,7,9,12-13H,3,6,8,10-11,14H2,1H3,(H,23,25). The van der Waals surface area contributed by atoms with Gasteiger partial charge in [-0.15, -0.1) is 0 Å². The molecule has 2 amide bonds. The van der Waals surface area contributed by atoms with Crippen LogP contribution in [-0.2, 0) is 22.6 Å². The Kier molecular flexibility index (Phi) is 6.35. The molecule has 0 aromatic heterocycles. The average Bonchev–Trinajstić information content (AvgIpc) is 3.05. The number of hydrogen-bond donors (Lipinski definition) is 1. The van der Waals surface area contributed by atoms with E-state index in [0.717, 1.165) is 29.8 Å². The van der Waals surface area contributed by atoms with Gasteiger partial charge in [-0.25, -0.2) is 0 Å². The minimum atomic E-state index is -0.0589. The molecular formula is C21H23ClN2O3. The van der Waals surface area contributed by atoms with Gasteiger partial charge in [0.05, 0.1) is 12.1 Å². The number of rotatable bonds is 7. The van der Waals surface area contributed by atoms with E-state index in [1.165, 1.54) is 0 Å². The van der Waals surface area contributed by atoms with Crippen molar-refractivity contribution in [3.05, 3.63) is 58.6 Å². The van der Waals surface area contributed by atoms with Gasteiger partial charge in [0.2, 0.25) is 11.8 Å². The number of ether oxygens (including phenoxy) is 1. The van der Waals surface area contributed by atoms with Gasteiger partial charge in [0, 0.05) is 31.6 Å². The number of nitrogens with one attached hydrogen (secondary N) is 1. The number of aryl methyl sites for hydroxylation is 1. The first-order valence-electron chi connectivity index (χ1n) is 9.04. The van der Waals surface area contributed by atoms with Crippen LogP contribution in [0.25, 0.3) is 0 Å². The second kappa shape index (κ2) is 8.91. The van der Waals surface area contributed by atoms with Crippen molar-refractivity contribution in [1.82, 2.24) is 4.90 Å². The van der Waals surface area contributed by atoms with Gasteiger partial charge in [0.15, 0.2) is 0 Å². The number of methoxy groups -OCH3 is 1. The Labute approximate surface area is 164 Å². The van der Waals surface area contributed by atoms with Gasteiger partial charge in [-0.1, -0.05) is 29.8 Å². The Morgan fingerprint density at radius 3 is 2.78 bits per heavy atom. The molecule has 27 heavy (non-hydrogen) atoms. The lowest BCUT2D eigenvalue weighted by Gasteiger charge is -2.16. The van der Waals surface area contributed by atoms with Gasteiger partial charge in [-0.05, 0) is 48.2 Å². The fourth-order valence-electron chi connectivity index (χ4n) is 3.19.